The summed E-state index contributed by atoms with van der Waals surface area (Å²) in [4.78, 5) is 13.1. The number of nitrogens with zero attached hydrogens (tertiary/aromatic N) is 4. The van der Waals surface area contributed by atoms with Crippen LogP contribution in [0.4, 0.5) is 0 Å². The van der Waals surface area contributed by atoms with Gasteiger partial charge < -0.3 is 4.43 Å². The highest BCUT2D eigenvalue weighted by Gasteiger charge is 2.59. The van der Waals surface area contributed by atoms with Crippen molar-refractivity contribution in [2.75, 3.05) is 0 Å². The predicted octanol–water partition coefficient (Wildman–Crippen LogP) is 9.02. The van der Waals surface area contributed by atoms with Crippen molar-refractivity contribution < 1.29 is 9.22 Å². The molecule has 2 unspecified atom stereocenters. The van der Waals surface area contributed by atoms with Gasteiger partial charge in [-0.15, -0.1) is 5.11 Å². The highest BCUT2D eigenvalue weighted by molar-refractivity contribution is 7.62. The van der Waals surface area contributed by atoms with Gasteiger partial charge in [0, 0.05) is 17.9 Å². The Morgan fingerprint density at radius 2 is 1.49 bits per heavy atom. The monoisotopic (exact) mass is 564 g/mol. The van der Waals surface area contributed by atoms with Crippen LogP contribution in [-0.2, 0) is 9.22 Å². The molecule has 4 aliphatic carbocycles. The van der Waals surface area contributed by atoms with Gasteiger partial charge in [0.2, 0.25) is 5.91 Å². The van der Waals surface area contributed by atoms with Crippen LogP contribution >= 0.6 is 8.07 Å². The van der Waals surface area contributed by atoms with E-state index < -0.39 is 16.4 Å². The van der Waals surface area contributed by atoms with Crippen LogP contribution in [0, 0.1) is 23.2 Å². The van der Waals surface area contributed by atoms with E-state index in [1.807, 2.05) is 18.2 Å². The van der Waals surface area contributed by atoms with E-state index in [2.05, 4.69) is 53.7 Å². The number of hydrogen-bond acceptors (Lipinski definition) is 5. The lowest BCUT2D eigenvalue weighted by molar-refractivity contribution is -0.124. The molecular weight excluding hydrogens is 519 g/mol. The van der Waals surface area contributed by atoms with E-state index in [4.69, 9.17) is 19.8 Å². The number of azo groups is 1. The zero-order valence-electron chi connectivity index (χ0n) is 24.7. The van der Waals surface area contributed by atoms with Crippen LogP contribution in [0.5, 0.6) is 0 Å². The van der Waals surface area contributed by atoms with Crippen molar-refractivity contribution in [1.82, 2.24) is 4.78 Å². The smallest absolute Gasteiger partial charge is 0.258 e. The Balaban J connectivity index is 1.52. The van der Waals surface area contributed by atoms with Gasteiger partial charge in [-0.2, -0.15) is 10.2 Å². The van der Waals surface area contributed by atoms with Crippen LogP contribution in [-0.4, -0.2) is 30.5 Å². The molecule has 0 saturated heterocycles. The molecule has 4 fully saturated rings. The number of hydrogen-bond donors (Lipinski definition) is 0. The standard InChI is InChI=1S/C31H45N4O2PSi/c1-19(2)39(20(3)4,21(5)6)37-28(31-16-23-13-24(17-31)15-25(14-23)18-31)30-33-32-29-27(26-11-9-8-10-12-26)34-35(22(7)36)38(29)30/h8-12,19-21,23-25,29H,13-18H2,1-7H3/b30-28+. The van der Waals surface area contributed by atoms with Crippen molar-refractivity contribution in [2.24, 2.45) is 38.5 Å². The van der Waals surface area contributed by atoms with Crippen molar-refractivity contribution >= 4 is 28.0 Å². The summed E-state index contributed by atoms with van der Waals surface area (Å²) < 4.78 is 9.49. The van der Waals surface area contributed by atoms with E-state index in [0.717, 1.165) is 40.2 Å². The molecule has 0 spiro atoms. The van der Waals surface area contributed by atoms with Crippen LogP contribution < -0.4 is 0 Å². The van der Waals surface area contributed by atoms with E-state index >= 15 is 0 Å². The summed E-state index contributed by atoms with van der Waals surface area (Å²) in [5, 5.41) is 14.8. The maximum Gasteiger partial charge on any atom is 0.258 e. The highest BCUT2D eigenvalue weighted by atomic mass is 31.1. The summed E-state index contributed by atoms with van der Waals surface area (Å²) >= 11 is 0. The second kappa shape index (κ2) is 9.90. The lowest BCUT2D eigenvalue weighted by Crippen LogP contribution is -2.53. The third-order valence-corrected chi connectivity index (χ3v) is 18.7. The fourth-order valence-corrected chi connectivity index (χ4v) is 17.2. The van der Waals surface area contributed by atoms with Crippen LogP contribution in [0.1, 0.15) is 92.6 Å². The first-order valence-electron chi connectivity index (χ1n) is 15.1. The predicted molar refractivity (Wildman–Crippen MR) is 161 cm³/mol. The van der Waals surface area contributed by atoms with Gasteiger partial charge in [-0.25, -0.2) is 4.78 Å². The van der Waals surface area contributed by atoms with Gasteiger partial charge in [-0.1, -0.05) is 71.9 Å². The first-order chi connectivity index (χ1) is 18.6. The minimum Gasteiger partial charge on any atom is -0.544 e. The Labute approximate surface area is 236 Å². The Morgan fingerprint density at radius 1 is 0.949 bits per heavy atom. The van der Waals surface area contributed by atoms with E-state index in [1.54, 1.807) is 11.7 Å². The van der Waals surface area contributed by atoms with Gasteiger partial charge in [0.15, 0.2) is 5.78 Å². The Morgan fingerprint density at radius 3 is 1.97 bits per heavy atom. The molecule has 4 bridgehead atoms. The molecule has 7 rings (SSSR count). The van der Waals surface area contributed by atoms with Crippen LogP contribution in [0.15, 0.2) is 56.9 Å². The number of hydrazone groups is 1. The van der Waals surface area contributed by atoms with E-state index in [1.165, 1.54) is 38.5 Å². The Hall–Kier alpha value is -1.85. The molecule has 2 atom stereocenters. The van der Waals surface area contributed by atoms with Crippen molar-refractivity contribution in [3.05, 3.63) is 47.1 Å². The van der Waals surface area contributed by atoms with Gasteiger partial charge in [-0.3, -0.25) is 4.79 Å². The second-order valence-electron chi connectivity index (χ2n) is 13.9. The summed E-state index contributed by atoms with van der Waals surface area (Å²) in [6, 6.07) is 10.2. The normalized spacial score (nSPS) is 34.4. The van der Waals surface area contributed by atoms with E-state index in [0.29, 0.717) is 16.6 Å². The molecule has 6 nitrogen and oxygen atoms in total. The lowest BCUT2D eigenvalue weighted by atomic mass is 9.49. The van der Waals surface area contributed by atoms with Gasteiger partial charge >= 0.3 is 0 Å². The molecule has 210 valence electrons. The van der Waals surface area contributed by atoms with Crippen molar-refractivity contribution in [3.8, 4) is 0 Å². The van der Waals surface area contributed by atoms with Crippen molar-refractivity contribution in [2.45, 2.75) is 109 Å². The third-order valence-electron chi connectivity index (χ3n) is 10.4. The molecule has 2 aliphatic heterocycles. The number of amides is 1. The molecule has 39 heavy (non-hydrogen) atoms. The minimum atomic E-state index is -2.27. The minimum absolute atomic E-state index is 0.0230. The molecule has 1 aromatic carbocycles. The quantitative estimate of drug-likeness (QED) is 0.188. The fraction of sp³-hybridized carbons (Fsp3) is 0.677. The molecular formula is C31H45N4O2PSi. The fourth-order valence-electron chi connectivity index (χ4n) is 9.38. The van der Waals surface area contributed by atoms with Crippen molar-refractivity contribution in [1.29, 1.82) is 0 Å². The third kappa shape index (κ3) is 4.29. The van der Waals surface area contributed by atoms with Crippen LogP contribution in [0.2, 0.25) is 16.6 Å². The maximum atomic E-state index is 13.1. The first kappa shape index (κ1) is 27.3. The largest absolute Gasteiger partial charge is 0.544 e. The SMILES string of the molecule is CC(=O)N1N=C(c2ccccc2)C2N=N/C(=C(\O[Si](C(C)C)(C(C)C)C(C)C)C34CC5CC(CC(C5)C3)C4)P21. The Bertz CT molecular complexity index is 1170. The highest BCUT2D eigenvalue weighted by Crippen LogP contribution is 2.70. The van der Waals surface area contributed by atoms with Crippen LogP contribution in [0.3, 0.4) is 0 Å². The number of rotatable bonds is 7. The van der Waals surface area contributed by atoms with Gasteiger partial charge in [0.05, 0.1) is 0 Å². The molecule has 1 aromatic rings. The summed E-state index contributed by atoms with van der Waals surface area (Å²) in [5.41, 5.74) is 4.26. The zero-order valence-corrected chi connectivity index (χ0v) is 26.6. The lowest BCUT2D eigenvalue weighted by Gasteiger charge is -2.58. The summed E-state index contributed by atoms with van der Waals surface area (Å²) in [7, 11) is -3.48. The summed E-state index contributed by atoms with van der Waals surface area (Å²) in [5.74, 6) is 3.24. The first-order valence-corrected chi connectivity index (χ1v) is 18.6. The van der Waals surface area contributed by atoms with E-state index in [9.17, 15) is 4.79 Å². The number of benzene rings is 1. The molecule has 8 heteroatoms. The van der Waals surface area contributed by atoms with Gasteiger partial charge in [0.1, 0.15) is 25.0 Å². The number of carbonyl (C=O) groups excluding carboxylic acids is 1. The number of fused-ring (bicyclic) bond motifs is 1. The molecule has 6 aliphatic rings. The second-order valence-corrected chi connectivity index (χ2v) is 21.2. The summed E-state index contributed by atoms with van der Waals surface area (Å²) in [6.45, 7) is 15.8. The molecule has 0 N–H and O–H groups in total. The molecule has 2 heterocycles. The molecule has 1 amide bonds. The van der Waals surface area contributed by atoms with Crippen LogP contribution in [0.25, 0.3) is 0 Å². The number of allylic oxidation sites excluding steroid dienone is 1. The average Bonchev–Trinajstić information content (AvgIpc) is 3.44. The van der Waals surface area contributed by atoms with Gasteiger partial charge in [0.25, 0.3) is 8.32 Å². The zero-order chi connectivity index (χ0) is 27.7. The molecule has 0 aromatic heterocycles. The topological polar surface area (TPSA) is 66.6 Å². The summed E-state index contributed by atoms with van der Waals surface area (Å²) in [6.07, 6.45) is 7.74. The molecule has 4 saturated carbocycles. The Kier molecular flexibility index (Phi) is 6.94. The van der Waals surface area contributed by atoms with Crippen molar-refractivity contribution in [3.63, 3.8) is 0 Å². The average molecular weight is 565 g/mol. The maximum absolute atomic E-state index is 13.1. The van der Waals surface area contributed by atoms with Gasteiger partial charge in [-0.05, 0) is 72.9 Å². The molecule has 0 radical (unpaired) electrons. The van der Waals surface area contributed by atoms with E-state index in [-0.39, 0.29) is 17.1 Å². The number of carbonyl (C=O) groups is 1.